The summed E-state index contributed by atoms with van der Waals surface area (Å²) in [7, 11) is 0. The molecule has 0 aromatic heterocycles. The fraction of sp³-hybridized carbons (Fsp3) is 0.484. The molecule has 2 atom stereocenters. The van der Waals surface area contributed by atoms with Gasteiger partial charge in [-0.25, -0.2) is 4.79 Å². The van der Waals surface area contributed by atoms with Gasteiger partial charge in [-0.15, -0.1) is 0 Å². The lowest BCUT2D eigenvalue weighted by Crippen LogP contribution is -2.57. The highest BCUT2D eigenvalue weighted by Crippen LogP contribution is 2.35. The van der Waals surface area contributed by atoms with Gasteiger partial charge in [-0.2, -0.15) is 0 Å². The van der Waals surface area contributed by atoms with E-state index < -0.39 is 35.6 Å². The predicted octanol–water partition coefficient (Wildman–Crippen LogP) is 4.78. The number of nitrogens with one attached hydrogen (secondary N) is 2. The van der Waals surface area contributed by atoms with E-state index >= 15 is 0 Å². The highest BCUT2D eigenvalue weighted by Gasteiger charge is 2.42. The van der Waals surface area contributed by atoms with Crippen molar-refractivity contribution < 1.29 is 23.9 Å². The van der Waals surface area contributed by atoms with Crippen LogP contribution < -0.4 is 16.4 Å². The Kier molecular flexibility index (Phi) is 10.3. The number of hydrogen-bond acceptors (Lipinski definition) is 5. The molecule has 4 N–H and O–H groups in total. The van der Waals surface area contributed by atoms with E-state index in [0.717, 1.165) is 36.8 Å². The van der Waals surface area contributed by atoms with Gasteiger partial charge in [-0.1, -0.05) is 49.4 Å². The van der Waals surface area contributed by atoms with Crippen molar-refractivity contribution in [3.63, 3.8) is 0 Å². The molecule has 4 amide bonds. The summed E-state index contributed by atoms with van der Waals surface area (Å²) in [6, 6.07) is 12.8. The summed E-state index contributed by atoms with van der Waals surface area (Å²) < 4.78 is 5.40. The van der Waals surface area contributed by atoms with Crippen molar-refractivity contribution in [3.05, 3.63) is 65.2 Å². The summed E-state index contributed by atoms with van der Waals surface area (Å²) >= 11 is 0. The van der Waals surface area contributed by atoms with Crippen LogP contribution in [0.25, 0.3) is 0 Å². The normalized spacial score (nSPS) is 14.8. The summed E-state index contributed by atoms with van der Waals surface area (Å²) in [6.07, 6.45) is 2.29. The Balaban J connectivity index is 2.03. The third kappa shape index (κ3) is 8.31. The zero-order chi connectivity index (χ0) is 29.4. The van der Waals surface area contributed by atoms with Gasteiger partial charge in [0.2, 0.25) is 11.8 Å². The summed E-state index contributed by atoms with van der Waals surface area (Å²) in [5.41, 5.74) is 7.93. The Morgan fingerprint density at radius 2 is 1.70 bits per heavy atom. The van der Waals surface area contributed by atoms with Crippen molar-refractivity contribution in [2.45, 2.75) is 96.9 Å². The molecule has 9 heteroatoms. The summed E-state index contributed by atoms with van der Waals surface area (Å²) in [5.74, 6) is -1.41. The van der Waals surface area contributed by atoms with Crippen molar-refractivity contribution in [1.29, 1.82) is 0 Å². The third-order valence-electron chi connectivity index (χ3n) is 7.02. The second-order valence-corrected chi connectivity index (χ2v) is 11.3. The first-order chi connectivity index (χ1) is 18.9. The smallest absolute Gasteiger partial charge is 0.408 e. The van der Waals surface area contributed by atoms with Gasteiger partial charge >= 0.3 is 6.09 Å². The van der Waals surface area contributed by atoms with Crippen molar-refractivity contribution >= 4 is 29.5 Å². The minimum Gasteiger partial charge on any atom is -0.444 e. The van der Waals surface area contributed by atoms with Crippen LogP contribution in [0.15, 0.2) is 48.5 Å². The van der Waals surface area contributed by atoms with E-state index in [0.29, 0.717) is 11.3 Å². The molecular weight excluding hydrogens is 508 g/mol. The van der Waals surface area contributed by atoms with Gasteiger partial charge in [-0.3, -0.25) is 14.4 Å². The number of amides is 4. The Labute approximate surface area is 236 Å². The van der Waals surface area contributed by atoms with Crippen LogP contribution in [0.4, 0.5) is 10.5 Å². The van der Waals surface area contributed by atoms with Crippen molar-refractivity contribution in [2.24, 2.45) is 5.73 Å². The minimum absolute atomic E-state index is 0.0163. The summed E-state index contributed by atoms with van der Waals surface area (Å²) in [4.78, 5) is 54.3. The number of carbonyl (C=O) groups excluding carboxylic acids is 4. The van der Waals surface area contributed by atoms with Crippen LogP contribution in [-0.4, -0.2) is 46.4 Å². The number of para-hydroxylation sites is 1. The van der Waals surface area contributed by atoms with Crippen LogP contribution >= 0.6 is 0 Å². The number of anilines is 1. The van der Waals surface area contributed by atoms with E-state index in [2.05, 4.69) is 10.6 Å². The lowest BCUT2D eigenvalue weighted by atomic mass is 9.87. The average molecular weight is 551 g/mol. The maximum Gasteiger partial charge on any atom is 0.408 e. The number of alkyl carbamates (subject to hydrolysis) is 1. The average Bonchev–Trinajstić information content (AvgIpc) is 2.85. The number of nitrogens with two attached hydrogens (primary N) is 1. The van der Waals surface area contributed by atoms with Crippen molar-refractivity contribution in [3.8, 4) is 0 Å². The van der Waals surface area contributed by atoms with Crippen LogP contribution in [0, 0.1) is 6.92 Å². The Hall–Kier alpha value is -3.88. The largest absolute Gasteiger partial charge is 0.444 e. The molecule has 1 fully saturated rings. The van der Waals surface area contributed by atoms with Crippen LogP contribution in [0.2, 0.25) is 0 Å². The minimum atomic E-state index is -1.10. The molecule has 0 radical (unpaired) electrons. The highest BCUT2D eigenvalue weighted by molar-refractivity contribution is 5.99. The molecule has 40 heavy (non-hydrogen) atoms. The standard InChI is InChI=1S/C31H42N4O5/c1-6-21-14-16-22(17-15-21)27(28(37)33-24-13-8-7-10-20(24)2)35(23-11-9-12-23)29(38)25(18-19-26(32)36)34-30(39)40-31(3,4)5/h7-8,10,13-17,23,25,27H,6,9,11-12,18-19H2,1-5H3,(H2,32,36)(H,33,37)(H,34,39). The van der Waals surface area contributed by atoms with Crippen LogP contribution in [0.3, 0.4) is 0 Å². The Morgan fingerprint density at radius 3 is 2.23 bits per heavy atom. The fourth-order valence-corrected chi connectivity index (χ4v) is 4.64. The quantitative estimate of drug-likeness (QED) is 0.371. The van der Waals surface area contributed by atoms with E-state index in [1.54, 1.807) is 25.7 Å². The van der Waals surface area contributed by atoms with Gasteiger partial charge in [0, 0.05) is 18.2 Å². The lowest BCUT2D eigenvalue weighted by molar-refractivity contribution is -0.146. The van der Waals surface area contributed by atoms with Gasteiger partial charge in [0.25, 0.3) is 5.91 Å². The van der Waals surface area contributed by atoms with E-state index in [1.807, 2.05) is 62.4 Å². The number of hydrogen-bond donors (Lipinski definition) is 3. The van der Waals surface area contributed by atoms with Gasteiger partial charge in [0.15, 0.2) is 0 Å². The second kappa shape index (κ2) is 13.5. The topological polar surface area (TPSA) is 131 Å². The molecule has 2 unspecified atom stereocenters. The first-order valence-corrected chi connectivity index (χ1v) is 13.9. The monoisotopic (exact) mass is 550 g/mol. The molecule has 3 rings (SSSR count). The molecule has 2 aromatic rings. The number of nitrogens with zero attached hydrogens (tertiary/aromatic N) is 1. The summed E-state index contributed by atoms with van der Waals surface area (Å²) in [5, 5.41) is 5.66. The summed E-state index contributed by atoms with van der Waals surface area (Å²) in [6.45, 7) is 9.12. The van der Waals surface area contributed by atoms with E-state index in [4.69, 9.17) is 10.5 Å². The van der Waals surface area contributed by atoms with E-state index in [9.17, 15) is 19.2 Å². The number of ether oxygens (including phenoxy) is 1. The predicted molar refractivity (Wildman–Crippen MR) is 154 cm³/mol. The highest BCUT2D eigenvalue weighted by atomic mass is 16.6. The van der Waals surface area contributed by atoms with Gasteiger partial charge < -0.3 is 26.0 Å². The van der Waals surface area contributed by atoms with Crippen LogP contribution in [0.1, 0.15) is 82.5 Å². The van der Waals surface area contributed by atoms with Gasteiger partial charge in [0.05, 0.1) is 0 Å². The molecule has 0 heterocycles. The number of aryl methyl sites for hydroxylation is 2. The molecule has 0 spiro atoms. The SMILES string of the molecule is CCc1ccc(C(C(=O)Nc2ccccc2C)N(C(=O)C(CCC(N)=O)NC(=O)OC(C)(C)C)C2CCC2)cc1. The first-order valence-electron chi connectivity index (χ1n) is 13.9. The van der Waals surface area contributed by atoms with Crippen molar-refractivity contribution in [1.82, 2.24) is 10.2 Å². The van der Waals surface area contributed by atoms with E-state index in [1.165, 1.54) is 0 Å². The molecular formula is C31H42N4O5. The second-order valence-electron chi connectivity index (χ2n) is 11.3. The van der Waals surface area contributed by atoms with Crippen LogP contribution in [-0.2, 0) is 25.5 Å². The molecule has 1 saturated carbocycles. The van der Waals surface area contributed by atoms with Crippen molar-refractivity contribution in [2.75, 3.05) is 5.32 Å². The number of carbonyl (C=O) groups is 4. The zero-order valence-electron chi connectivity index (χ0n) is 24.2. The van der Waals surface area contributed by atoms with Gasteiger partial charge in [-0.05, 0) is 82.6 Å². The molecule has 0 aliphatic heterocycles. The molecule has 9 nitrogen and oxygen atoms in total. The molecule has 0 bridgehead atoms. The molecule has 1 aliphatic rings. The molecule has 0 saturated heterocycles. The molecule has 1 aliphatic carbocycles. The number of rotatable bonds is 11. The van der Waals surface area contributed by atoms with Crippen LogP contribution in [0.5, 0.6) is 0 Å². The maximum absolute atomic E-state index is 14.3. The number of primary amides is 1. The Morgan fingerprint density at radius 1 is 1.05 bits per heavy atom. The maximum atomic E-state index is 14.3. The Bertz CT molecular complexity index is 1200. The first kappa shape index (κ1) is 30.7. The lowest BCUT2D eigenvalue weighted by Gasteiger charge is -2.43. The van der Waals surface area contributed by atoms with E-state index in [-0.39, 0.29) is 24.8 Å². The third-order valence-corrected chi connectivity index (χ3v) is 7.02. The molecule has 2 aromatic carbocycles. The number of benzene rings is 2. The molecule has 216 valence electrons. The van der Waals surface area contributed by atoms with Gasteiger partial charge in [0.1, 0.15) is 17.7 Å². The fourth-order valence-electron chi connectivity index (χ4n) is 4.64. The zero-order valence-corrected chi connectivity index (χ0v) is 24.2.